The smallest absolute Gasteiger partial charge is 0.00234 e. The van der Waals surface area contributed by atoms with Gasteiger partial charge in [-0.3, -0.25) is 0 Å². The highest BCUT2D eigenvalue weighted by Crippen LogP contribution is 2.33. The van der Waals surface area contributed by atoms with Gasteiger partial charge >= 0.3 is 0 Å². The van der Waals surface area contributed by atoms with Crippen LogP contribution in [0.5, 0.6) is 0 Å². The van der Waals surface area contributed by atoms with Crippen LogP contribution in [0.3, 0.4) is 0 Å². The second kappa shape index (κ2) is 6.53. The number of hydrogen-bond acceptors (Lipinski definition) is 2. The zero-order valence-corrected chi connectivity index (χ0v) is 11.9. The maximum absolute atomic E-state index is 3.64. The second-order valence-electron chi connectivity index (χ2n) is 6.06. The summed E-state index contributed by atoms with van der Waals surface area (Å²) in [6.45, 7) is 6.28. The Morgan fingerprint density at radius 2 is 1.95 bits per heavy atom. The molecule has 2 aliphatic rings. The Morgan fingerprint density at radius 3 is 2.79 bits per heavy atom. The Bertz CT molecular complexity index is 396. The Balaban J connectivity index is 1.28. The summed E-state index contributed by atoms with van der Waals surface area (Å²) in [6, 6.07) is 8.88. The molecule has 1 aromatic carbocycles. The molecule has 1 N–H and O–H groups in total. The Hall–Kier alpha value is -0.860. The average molecular weight is 258 g/mol. The van der Waals surface area contributed by atoms with Gasteiger partial charge in [0.2, 0.25) is 0 Å². The molecule has 0 spiro atoms. The van der Waals surface area contributed by atoms with E-state index in [-0.39, 0.29) is 0 Å². The number of likely N-dealkylation sites (tertiary alicyclic amines) is 1. The van der Waals surface area contributed by atoms with E-state index in [0.717, 1.165) is 12.5 Å². The number of benzene rings is 1. The fourth-order valence-electron chi connectivity index (χ4n) is 3.43. The molecule has 3 rings (SSSR count). The zero-order valence-electron chi connectivity index (χ0n) is 11.9. The molecule has 1 atom stereocenters. The summed E-state index contributed by atoms with van der Waals surface area (Å²) in [5, 5.41) is 3.64. The van der Waals surface area contributed by atoms with Gasteiger partial charge < -0.3 is 10.2 Å². The summed E-state index contributed by atoms with van der Waals surface area (Å²) in [5.41, 5.74) is 3.13. The van der Waals surface area contributed by atoms with Crippen LogP contribution in [0.2, 0.25) is 0 Å². The molecule has 2 nitrogen and oxygen atoms in total. The van der Waals surface area contributed by atoms with Gasteiger partial charge in [-0.25, -0.2) is 0 Å². The molecular formula is C17H26N2. The van der Waals surface area contributed by atoms with Gasteiger partial charge in [-0.05, 0) is 63.0 Å². The summed E-state index contributed by atoms with van der Waals surface area (Å²) >= 11 is 0. The number of piperidine rings is 1. The van der Waals surface area contributed by atoms with Crippen molar-refractivity contribution < 1.29 is 0 Å². The van der Waals surface area contributed by atoms with Crippen molar-refractivity contribution in [3.63, 3.8) is 0 Å². The normalized spacial score (nSPS) is 22.8. The van der Waals surface area contributed by atoms with E-state index in [4.69, 9.17) is 0 Å². The molecule has 0 bridgehead atoms. The van der Waals surface area contributed by atoms with E-state index >= 15 is 0 Å². The summed E-state index contributed by atoms with van der Waals surface area (Å²) in [5.74, 6) is 0.770. The van der Waals surface area contributed by atoms with Crippen LogP contribution < -0.4 is 5.32 Å². The standard InChI is InChI=1S/C17H26N2/c1-4-10-19(11-5-1)12-6-9-18-14-16-13-15-7-2-3-8-17(15)16/h2-3,7-8,16,18H,1,4-6,9-14H2. The number of nitrogens with one attached hydrogen (secondary N) is 1. The van der Waals surface area contributed by atoms with Gasteiger partial charge in [0.05, 0.1) is 0 Å². The topological polar surface area (TPSA) is 15.3 Å². The van der Waals surface area contributed by atoms with Crippen LogP contribution in [0.1, 0.15) is 42.7 Å². The van der Waals surface area contributed by atoms with Crippen LogP contribution >= 0.6 is 0 Å². The minimum Gasteiger partial charge on any atom is -0.316 e. The number of rotatable bonds is 6. The van der Waals surface area contributed by atoms with Gasteiger partial charge in [0, 0.05) is 12.5 Å². The van der Waals surface area contributed by atoms with Gasteiger partial charge in [0.25, 0.3) is 0 Å². The fraction of sp³-hybridized carbons (Fsp3) is 0.647. The van der Waals surface area contributed by atoms with Crippen molar-refractivity contribution in [2.24, 2.45) is 0 Å². The van der Waals surface area contributed by atoms with Gasteiger partial charge in [0.15, 0.2) is 0 Å². The lowest BCUT2D eigenvalue weighted by atomic mass is 9.77. The molecule has 0 saturated carbocycles. The first-order valence-corrected chi connectivity index (χ1v) is 7.94. The highest BCUT2D eigenvalue weighted by atomic mass is 15.1. The van der Waals surface area contributed by atoms with Gasteiger partial charge in [-0.15, -0.1) is 0 Å². The lowest BCUT2D eigenvalue weighted by Crippen LogP contribution is -2.34. The minimum absolute atomic E-state index is 0.770. The average Bonchev–Trinajstić information content (AvgIpc) is 2.44. The molecule has 19 heavy (non-hydrogen) atoms. The number of fused-ring (bicyclic) bond motifs is 1. The lowest BCUT2D eigenvalue weighted by Gasteiger charge is -2.30. The highest BCUT2D eigenvalue weighted by Gasteiger charge is 2.24. The van der Waals surface area contributed by atoms with Crippen molar-refractivity contribution in [3.8, 4) is 0 Å². The van der Waals surface area contributed by atoms with Crippen LogP contribution in [0, 0.1) is 0 Å². The van der Waals surface area contributed by atoms with Crippen molar-refractivity contribution in [2.75, 3.05) is 32.7 Å². The summed E-state index contributed by atoms with van der Waals surface area (Å²) < 4.78 is 0. The van der Waals surface area contributed by atoms with Crippen LogP contribution in [0.4, 0.5) is 0 Å². The van der Waals surface area contributed by atoms with Gasteiger partial charge in [-0.1, -0.05) is 30.7 Å². The SMILES string of the molecule is c1ccc2c(c1)CC2CNCCCN1CCCCC1. The van der Waals surface area contributed by atoms with E-state index < -0.39 is 0 Å². The third kappa shape index (κ3) is 3.37. The summed E-state index contributed by atoms with van der Waals surface area (Å²) in [4.78, 5) is 2.63. The maximum Gasteiger partial charge on any atom is 0.00234 e. The molecule has 1 unspecified atom stereocenters. The van der Waals surface area contributed by atoms with Crippen molar-refractivity contribution >= 4 is 0 Å². The Kier molecular flexibility index (Phi) is 4.52. The van der Waals surface area contributed by atoms with Crippen LogP contribution in [0.15, 0.2) is 24.3 Å². The third-order valence-corrected chi connectivity index (χ3v) is 4.63. The van der Waals surface area contributed by atoms with E-state index in [0.29, 0.717) is 0 Å². The maximum atomic E-state index is 3.64. The van der Waals surface area contributed by atoms with Crippen LogP contribution in [-0.2, 0) is 6.42 Å². The lowest BCUT2D eigenvalue weighted by molar-refractivity contribution is 0.225. The van der Waals surface area contributed by atoms with E-state index in [1.54, 1.807) is 11.1 Å². The first-order chi connectivity index (χ1) is 9.43. The van der Waals surface area contributed by atoms with Crippen LogP contribution in [-0.4, -0.2) is 37.6 Å². The van der Waals surface area contributed by atoms with Crippen molar-refractivity contribution in [3.05, 3.63) is 35.4 Å². The number of hydrogen-bond donors (Lipinski definition) is 1. The molecule has 1 fully saturated rings. The monoisotopic (exact) mass is 258 g/mol. The molecule has 0 aromatic heterocycles. The van der Waals surface area contributed by atoms with Gasteiger partial charge in [-0.2, -0.15) is 0 Å². The molecule has 1 aliphatic carbocycles. The van der Waals surface area contributed by atoms with E-state index in [9.17, 15) is 0 Å². The first-order valence-electron chi connectivity index (χ1n) is 7.94. The van der Waals surface area contributed by atoms with Crippen molar-refractivity contribution in [1.29, 1.82) is 0 Å². The predicted octanol–water partition coefficient (Wildman–Crippen LogP) is 2.79. The predicted molar refractivity (Wildman–Crippen MR) is 80.7 cm³/mol. The summed E-state index contributed by atoms with van der Waals surface area (Å²) in [6.07, 6.45) is 6.83. The third-order valence-electron chi connectivity index (χ3n) is 4.63. The molecule has 0 radical (unpaired) electrons. The number of nitrogens with zero attached hydrogens (tertiary/aromatic N) is 1. The Labute approximate surface area is 117 Å². The molecule has 0 amide bonds. The largest absolute Gasteiger partial charge is 0.316 e. The van der Waals surface area contributed by atoms with Crippen molar-refractivity contribution in [1.82, 2.24) is 10.2 Å². The molecule has 1 saturated heterocycles. The quantitative estimate of drug-likeness (QED) is 0.789. The minimum atomic E-state index is 0.770. The van der Waals surface area contributed by atoms with E-state index in [2.05, 4.69) is 34.5 Å². The Morgan fingerprint density at radius 1 is 1.11 bits per heavy atom. The highest BCUT2D eigenvalue weighted by molar-refractivity contribution is 5.40. The molecule has 2 heteroatoms. The fourth-order valence-corrected chi connectivity index (χ4v) is 3.43. The molecular weight excluding hydrogens is 232 g/mol. The zero-order chi connectivity index (χ0) is 12.9. The first kappa shape index (κ1) is 13.1. The molecule has 1 heterocycles. The van der Waals surface area contributed by atoms with Crippen LogP contribution in [0.25, 0.3) is 0 Å². The second-order valence-corrected chi connectivity index (χ2v) is 6.06. The summed E-state index contributed by atoms with van der Waals surface area (Å²) in [7, 11) is 0. The molecule has 1 aliphatic heterocycles. The van der Waals surface area contributed by atoms with E-state index in [1.807, 2.05) is 0 Å². The van der Waals surface area contributed by atoms with E-state index in [1.165, 1.54) is 58.3 Å². The van der Waals surface area contributed by atoms with Gasteiger partial charge in [0.1, 0.15) is 0 Å². The van der Waals surface area contributed by atoms with Crippen molar-refractivity contribution in [2.45, 2.75) is 38.0 Å². The molecule has 104 valence electrons. The molecule has 1 aromatic rings.